The molecule has 0 bridgehead atoms. The highest BCUT2D eigenvalue weighted by Gasteiger charge is 2.33. The lowest BCUT2D eigenvalue weighted by Gasteiger charge is -2.26. The summed E-state index contributed by atoms with van der Waals surface area (Å²) < 4.78 is 74.6. The van der Waals surface area contributed by atoms with Crippen LogP contribution in [0.3, 0.4) is 0 Å². The van der Waals surface area contributed by atoms with E-state index in [0.717, 1.165) is 22.5 Å². The van der Waals surface area contributed by atoms with E-state index in [1.807, 2.05) is 0 Å². The molecular formula is C25H24F3N5O5S. The minimum absolute atomic E-state index is 0.00124. The molecule has 14 heteroatoms. The molecule has 3 heterocycles. The molecule has 206 valence electrons. The fourth-order valence-electron chi connectivity index (χ4n) is 4.63. The maximum absolute atomic E-state index is 14.8. The van der Waals surface area contributed by atoms with Crippen molar-refractivity contribution < 1.29 is 35.9 Å². The van der Waals surface area contributed by atoms with E-state index in [1.54, 1.807) is 0 Å². The van der Waals surface area contributed by atoms with E-state index in [1.165, 1.54) is 12.1 Å². The number of nitrogens with zero attached hydrogens (tertiary/aromatic N) is 2. The first-order valence-corrected chi connectivity index (χ1v) is 13.6. The van der Waals surface area contributed by atoms with Crippen molar-refractivity contribution in [3.8, 4) is 0 Å². The molecule has 0 radical (unpaired) electrons. The van der Waals surface area contributed by atoms with Crippen LogP contribution in [0.5, 0.6) is 0 Å². The number of aromatic amines is 1. The van der Waals surface area contributed by atoms with Gasteiger partial charge in [-0.05, 0) is 37.1 Å². The molecule has 0 atom stereocenters. The summed E-state index contributed by atoms with van der Waals surface area (Å²) in [4.78, 5) is 25.3. The highest BCUT2D eigenvalue weighted by Crippen LogP contribution is 2.30. The molecule has 0 aliphatic carbocycles. The number of aromatic nitrogens is 2. The number of nitrogens with one attached hydrogen (secondary N) is 3. The van der Waals surface area contributed by atoms with E-state index in [9.17, 15) is 31.2 Å². The molecule has 1 saturated heterocycles. The van der Waals surface area contributed by atoms with Crippen LogP contribution in [0.4, 0.5) is 24.7 Å². The first-order chi connectivity index (χ1) is 18.6. The van der Waals surface area contributed by atoms with Crippen molar-refractivity contribution in [1.29, 1.82) is 0 Å². The number of fused-ring (bicyclic) bond motifs is 1. The number of benzene rings is 2. The maximum atomic E-state index is 14.8. The molecule has 0 saturated carbocycles. The van der Waals surface area contributed by atoms with Crippen molar-refractivity contribution >= 4 is 33.3 Å². The van der Waals surface area contributed by atoms with Crippen molar-refractivity contribution in [2.75, 3.05) is 30.4 Å². The number of hydrogen-bond acceptors (Lipinski definition) is 6. The number of sulfonamides is 1. The van der Waals surface area contributed by atoms with Gasteiger partial charge in [0.1, 0.15) is 17.5 Å². The molecule has 1 aromatic heterocycles. The summed E-state index contributed by atoms with van der Waals surface area (Å²) in [5.41, 5.74) is 0.429. The summed E-state index contributed by atoms with van der Waals surface area (Å²) in [5, 5.41) is 11.9. The van der Waals surface area contributed by atoms with E-state index in [4.69, 9.17) is 4.74 Å². The third-order valence-corrected chi connectivity index (χ3v) is 8.52. The topological polar surface area (TPSA) is 133 Å². The van der Waals surface area contributed by atoms with Gasteiger partial charge in [0, 0.05) is 56.0 Å². The highest BCUT2D eigenvalue weighted by atomic mass is 32.2. The largest absolute Gasteiger partial charge is 0.381 e. The summed E-state index contributed by atoms with van der Waals surface area (Å²) in [6, 6.07) is 5.86. The Labute approximate surface area is 221 Å². The van der Waals surface area contributed by atoms with E-state index in [2.05, 4.69) is 20.8 Å². The molecule has 10 nitrogen and oxygen atoms in total. The van der Waals surface area contributed by atoms with E-state index in [0.29, 0.717) is 43.4 Å². The van der Waals surface area contributed by atoms with Gasteiger partial charge in [-0.25, -0.2) is 21.6 Å². The molecule has 2 amide bonds. The summed E-state index contributed by atoms with van der Waals surface area (Å²) in [7, 11) is -4.28. The minimum Gasteiger partial charge on any atom is -0.381 e. The Hall–Kier alpha value is -3.75. The Morgan fingerprint density at radius 2 is 1.77 bits per heavy atom. The summed E-state index contributed by atoms with van der Waals surface area (Å²) in [5.74, 6) is -4.58. The van der Waals surface area contributed by atoms with Crippen molar-refractivity contribution in [3.63, 3.8) is 0 Å². The lowest BCUT2D eigenvalue weighted by atomic mass is 9.99. The molecule has 2 aliphatic rings. The number of anilines is 2. The molecule has 3 aromatic rings. The lowest BCUT2D eigenvalue weighted by molar-refractivity contribution is -0.122. The molecule has 2 aromatic carbocycles. The fourth-order valence-corrected chi connectivity index (χ4v) is 6.08. The van der Waals surface area contributed by atoms with Crippen molar-refractivity contribution in [1.82, 2.24) is 14.5 Å². The van der Waals surface area contributed by atoms with Gasteiger partial charge < -0.3 is 15.4 Å². The summed E-state index contributed by atoms with van der Waals surface area (Å²) >= 11 is 0. The van der Waals surface area contributed by atoms with E-state index < -0.39 is 43.8 Å². The first kappa shape index (κ1) is 26.8. The van der Waals surface area contributed by atoms with Crippen molar-refractivity contribution in [2.45, 2.75) is 30.7 Å². The van der Waals surface area contributed by atoms with Gasteiger partial charge in [0.05, 0.1) is 16.1 Å². The SMILES string of the molecule is O=C(Nc1n[nH]c2c1CN(S(=O)(=O)c1cc(F)cc(F)c1)CC2)c1c(F)cccc1NC(=O)C1CCOCC1. The Balaban J connectivity index is 1.37. The minimum atomic E-state index is -4.28. The predicted octanol–water partition coefficient (Wildman–Crippen LogP) is 3.19. The predicted molar refractivity (Wildman–Crippen MR) is 133 cm³/mol. The number of H-pyrrole nitrogens is 1. The third kappa shape index (κ3) is 5.53. The van der Waals surface area contributed by atoms with Crippen LogP contribution >= 0.6 is 0 Å². The lowest BCUT2D eigenvalue weighted by Crippen LogP contribution is -2.36. The van der Waals surface area contributed by atoms with Gasteiger partial charge in [0.15, 0.2) is 5.82 Å². The smallest absolute Gasteiger partial charge is 0.261 e. The normalized spacial score (nSPS) is 16.5. The van der Waals surface area contributed by atoms with Crippen LogP contribution in [-0.4, -0.2) is 54.5 Å². The number of carbonyl (C=O) groups excluding carboxylic acids is 2. The number of halogens is 3. The fraction of sp³-hybridized carbons (Fsp3) is 0.320. The zero-order valence-electron chi connectivity index (χ0n) is 20.5. The van der Waals surface area contributed by atoms with Crippen LogP contribution in [0.2, 0.25) is 0 Å². The van der Waals surface area contributed by atoms with Gasteiger partial charge in [-0.15, -0.1) is 0 Å². The average Bonchev–Trinajstić information content (AvgIpc) is 3.30. The average molecular weight is 564 g/mol. The number of carbonyl (C=O) groups is 2. The van der Waals surface area contributed by atoms with Crippen LogP contribution in [-0.2, 0) is 32.5 Å². The van der Waals surface area contributed by atoms with Crippen LogP contribution in [0.25, 0.3) is 0 Å². The van der Waals surface area contributed by atoms with Crippen molar-refractivity contribution in [2.24, 2.45) is 5.92 Å². The molecule has 3 N–H and O–H groups in total. The Bertz CT molecular complexity index is 1520. The Kier molecular flexibility index (Phi) is 7.42. The molecule has 0 spiro atoms. The van der Waals surface area contributed by atoms with Gasteiger partial charge in [-0.2, -0.15) is 9.40 Å². The molecule has 0 unspecified atom stereocenters. The maximum Gasteiger partial charge on any atom is 0.261 e. The van der Waals surface area contributed by atoms with Gasteiger partial charge in [0.25, 0.3) is 5.91 Å². The molecule has 2 aliphatic heterocycles. The first-order valence-electron chi connectivity index (χ1n) is 12.1. The molecule has 5 rings (SSSR count). The second-order valence-electron chi connectivity index (χ2n) is 9.22. The second kappa shape index (κ2) is 10.8. The van der Waals surface area contributed by atoms with Gasteiger partial charge in [0.2, 0.25) is 15.9 Å². The Morgan fingerprint density at radius 1 is 1.05 bits per heavy atom. The zero-order chi connectivity index (χ0) is 27.7. The van der Waals surface area contributed by atoms with Crippen LogP contribution in [0.1, 0.15) is 34.5 Å². The summed E-state index contributed by atoms with van der Waals surface area (Å²) in [6.07, 6.45) is 1.19. The molecule has 1 fully saturated rings. The monoisotopic (exact) mass is 563 g/mol. The number of amides is 2. The zero-order valence-corrected chi connectivity index (χ0v) is 21.3. The van der Waals surface area contributed by atoms with Gasteiger partial charge in [-0.3, -0.25) is 14.7 Å². The Morgan fingerprint density at radius 3 is 2.49 bits per heavy atom. The van der Waals surface area contributed by atoms with E-state index >= 15 is 0 Å². The van der Waals surface area contributed by atoms with Crippen LogP contribution in [0, 0.1) is 23.4 Å². The van der Waals surface area contributed by atoms with Gasteiger partial charge in [-0.1, -0.05) is 6.07 Å². The quantitative estimate of drug-likeness (QED) is 0.422. The highest BCUT2D eigenvalue weighted by molar-refractivity contribution is 7.89. The van der Waals surface area contributed by atoms with E-state index in [-0.39, 0.29) is 42.8 Å². The second-order valence-corrected chi connectivity index (χ2v) is 11.2. The summed E-state index contributed by atoms with van der Waals surface area (Å²) in [6.45, 7) is 0.602. The van der Waals surface area contributed by atoms with Crippen LogP contribution < -0.4 is 10.6 Å². The third-order valence-electron chi connectivity index (χ3n) is 6.69. The molecule has 39 heavy (non-hydrogen) atoms. The van der Waals surface area contributed by atoms with Gasteiger partial charge >= 0.3 is 0 Å². The number of rotatable bonds is 6. The number of ether oxygens (including phenoxy) is 1. The number of hydrogen-bond donors (Lipinski definition) is 3. The standard InChI is InChI=1S/C25H24F3N5O5S/c26-15-10-16(27)12-17(11-15)39(36,37)33-7-4-20-18(13-33)23(32-31-20)30-25(35)22-19(28)2-1-3-21(22)29-24(34)14-5-8-38-9-6-14/h1-3,10-12,14H,4-9,13H2,(H,29,34)(H2,30,31,32,35). The van der Waals surface area contributed by atoms with Crippen molar-refractivity contribution in [3.05, 3.63) is 70.7 Å². The van der Waals surface area contributed by atoms with Crippen LogP contribution in [0.15, 0.2) is 41.3 Å². The molecular weight excluding hydrogens is 539 g/mol.